The Balaban J connectivity index is 2.37. The molecule has 0 spiro atoms. The molecule has 20 heavy (non-hydrogen) atoms. The molecule has 4 nitrogen and oxygen atoms in total. The summed E-state index contributed by atoms with van der Waals surface area (Å²) in [7, 11) is -4.77. The lowest BCUT2D eigenvalue weighted by molar-refractivity contribution is 0.102. The van der Waals surface area contributed by atoms with Crippen LogP contribution in [0.4, 0.5) is 14.5 Å². The second-order valence-corrected chi connectivity index (χ2v) is 6.43. The first-order valence-corrected chi connectivity index (χ1v) is 7.86. The number of hydrogen-bond acceptors (Lipinski definition) is 4. The molecule has 1 heterocycles. The van der Waals surface area contributed by atoms with Crippen molar-refractivity contribution in [2.45, 2.75) is 10.7 Å². The van der Waals surface area contributed by atoms with Crippen molar-refractivity contribution in [2.24, 2.45) is 0 Å². The summed E-state index contributed by atoms with van der Waals surface area (Å²) in [5.74, 6) is -4.09. The number of carbonyl (C=O) groups excluding carboxylic acids is 1. The van der Waals surface area contributed by atoms with Crippen molar-refractivity contribution >= 4 is 32.8 Å². The molecule has 1 N–H and O–H groups in total. The van der Waals surface area contributed by atoms with Crippen LogP contribution in [-0.4, -0.2) is 20.1 Å². The molecule has 0 bridgehead atoms. The zero-order chi connectivity index (χ0) is 14.8. The van der Waals surface area contributed by atoms with E-state index in [1.807, 2.05) is 0 Å². The normalized spacial score (nSPS) is 11.6. The number of anilines is 1. The summed E-state index contributed by atoms with van der Waals surface area (Å²) >= 11 is 1.29. The van der Waals surface area contributed by atoms with Gasteiger partial charge in [-0.3, -0.25) is 4.79 Å². The highest BCUT2D eigenvalue weighted by Crippen LogP contribution is 2.26. The minimum absolute atomic E-state index is 0.163. The van der Waals surface area contributed by atoms with Gasteiger partial charge in [-0.05, 0) is 23.6 Å². The van der Waals surface area contributed by atoms with Gasteiger partial charge in [0, 0.05) is 5.38 Å². The Morgan fingerprint density at radius 1 is 1.20 bits per heavy atom. The topological polar surface area (TPSA) is 63.2 Å². The van der Waals surface area contributed by atoms with Gasteiger partial charge in [-0.15, -0.1) is 0 Å². The molecule has 1 aromatic carbocycles. The number of para-hydroxylation sites is 1. The summed E-state index contributed by atoms with van der Waals surface area (Å²) in [4.78, 5) is 11.2. The van der Waals surface area contributed by atoms with E-state index in [1.165, 1.54) is 29.5 Å². The van der Waals surface area contributed by atoms with Crippen molar-refractivity contribution in [3.8, 4) is 0 Å². The molecule has 106 valence electrons. The molecule has 8 heteroatoms. The summed E-state index contributed by atoms with van der Waals surface area (Å²) < 4.78 is 48.2. The van der Waals surface area contributed by atoms with Gasteiger partial charge in [-0.25, -0.2) is 8.42 Å². The van der Waals surface area contributed by atoms with E-state index in [0.29, 0.717) is 5.56 Å². The van der Waals surface area contributed by atoms with Crippen molar-refractivity contribution in [1.82, 2.24) is 0 Å². The average Bonchev–Trinajstić information content (AvgIpc) is 2.93. The molecule has 0 aliphatic heterocycles. The van der Waals surface area contributed by atoms with Gasteiger partial charge in [0.15, 0.2) is 0 Å². The van der Waals surface area contributed by atoms with Crippen molar-refractivity contribution in [3.63, 3.8) is 0 Å². The number of sulfone groups is 1. The molecule has 0 aliphatic rings. The van der Waals surface area contributed by atoms with Gasteiger partial charge in [0.1, 0.15) is 0 Å². The number of hydrogen-bond donors (Lipinski definition) is 1. The fourth-order valence-electron chi connectivity index (χ4n) is 1.50. The lowest BCUT2D eigenvalue weighted by Gasteiger charge is -2.10. The first-order chi connectivity index (χ1) is 9.43. The van der Waals surface area contributed by atoms with E-state index in [-0.39, 0.29) is 5.69 Å². The van der Waals surface area contributed by atoms with Crippen LogP contribution in [0.15, 0.2) is 46.0 Å². The summed E-state index contributed by atoms with van der Waals surface area (Å²) in [5, 5.41) is 5.58. The predicted molar refractivity (Wildman–Crippen MR) is 71.9 cm³/mol. The molecule has 0 saturated heterocycles. The Morgan fingerprint density at radius 3 is 2.50 bits per heavy atom. The predicted octanol–water partition coefficient (Wildman–Crippen LogP) is 3.00. The van der Waals surface area contributed by atoms with Crippen LogP contribution in [0.25, 0.3) is 0 Å². The molecule has 2 rings (SSSR count). The van der Waals surface area contributed by atoms with E-state index in [2.05, 4.69) is 5.32 Å². The summed E-state index contributed by atoms with van der Waals surface area (Å²) in [6.07, 6.45) is 0. The Hall–Kier alpha value is -1.80. The number of carbonyl (C=O) groups is 1. The number of rotatable bonds is 4. The van der Waals surface area contributed by atoms with Crippen molar-refractivity contribution in [1.29, 1.82) is 0 Å². The monoisotopic (exact) mass is 317 g/mol. The molecule has 0 unspecified atom stereocenters. The SMILES string of the molecule is O=C(Nc1ccccc1S(=O)(=O)C(F)F)c1ccsc1. The third kappa shape index (κ3) is 2.86. The van der Waals surface area contributed by atoms with Gasteiger partial charge in [-0.1, -0.05) is 12.1 Å². The van der Waals surface area contributed by atoms with Gasteiger partial charge in [-0.2, -0.15) is 20.1 Å². The molecule has 1 aromatic heterocycles. The quantitative estimate of drug-likeness (QED) is 0.943. The number of alkyl halides is 2. The van der Waals surface area contributed by atoms with E-state index in [1.54, 1.807) is 16.8 Å². The summed E-state index contributed by atoms with van der Waals surface area (Å²) in [5.41, 5.74) is 0.170. The molecule has 2 aromatic rings. The molecule has 1 amide bonds. The fraction of sp³-hybridized carbons (Fsp3) is 0.0833. The first-order valence-electron chi connectivity index (χ1n) is 5.37. The van der Waals surface area contributed by atoms with Crippen LogP contribution in [0.5, 0.6) is 0 Å². The number of benzene rings is 1. The molecular formula is C12H9F2NO3S2. The van der Waals surface area contributed by atoms with Gasteiger partial charge in [0.25, 0.3) is 5.91 Å². The molecule has 0 fully saturated rings. The van der Waals surface area contributed by atoms with Crippen LogP contribution in [-0.2, 0) is 9.84 Å². The van der Waals surface area contributed by atoms with Crippen LogP contribution in [0, 0.1) is 0 Å². The third-order valence-corrected chi connectivity index (χ3v) is 4.58. The van der Waals surface area contributed by atoms with Gasteiger partial charge >= 0.3 is 5.76 Å². The number of thiophene rings is 1. The molecule has 0 radical (unpaired) electrons. The zero-order valence-corrected chi connectivity index (χ0v) is 11.5. The maximum Gasteiger partial charge on any atom is 0.341 e. The Kier molecular flexibility index (Phi) is 4.15. The van der Waals surface area contributed by atoms with Crippen LogP contribution in [0.2, 0.25) is 0 Å². The van der Waals surface area contributed by atoms with Crippen molar-refractivity contribution in [3.05, 3.63) is 46.7 Å². The maximum absolute atomic E-state index is 12.6. The standard InChI is InChI=1S/C12H9F2NO3S2/c13-12(14)20(17,18)10-4-2-1-3-9(10)15-11(16)8-5-6-19-7-8/h1-7,12H,(H,15,16). The molecule has 0 atom stereocenters. The van der Waals surface area contributed by atoms with E-state index >= 15 is 0 Å². The second kappa shape index (κ2) is 5.68. The lowest BCUT2D eigenvalue weighted by Crippen LogP contribution is -2.17. The Labute approximate surface area is 118 Å². The number of amides is 1. The number of halogens is 2. The van der Waals surface area contributed by atoms with Gasteiger partial charge in [0.2, 0.25) is 9.84 Å². The van der Waals surface area contributed by atoms with E-state index in [4.69, 9.17) is 0 Å². The van der Waals surface area contributed by atoms with Gasteiger partial charge < -0.3 is 5.32 Å². The summed E-state index contributed by atoms with van der Waals surface area (Å²) in [6, 6.07) is 6.61. The highest BCUT2D eigenvalue weighted by atomic mass is 32.2. The first kappa shape index (κ1) is 14.6. The number of nitrogens with one attached hydrogen (secondary N) is 1. The lowest BCUT2D eigenvalue weighted by atomic mass is 10.3. The van der Waals surface area contributed by atoms with Gasteiger partial charge in [0.05, 0.1) is 16.1 Å². The largest absolute Gasteiger partial charge is 0.341 e. The van der Waals surface area contributed by atoms with Crippen LogP contribution in [0.3, 0.4) is 0 Å². The third-order valence-electron chi connectivity index (χ3n) is 2.46. The molecular weight excluding hydrogens is 308 g/mol. The van der Waals surface area contributed by atoms with Crippen molar-refractivity contribution in [2.75, 3.05) is 5.32 Å². The van der Waals surface area contributed by atoms with E-state index < -0.39 is 26.4 Å². The van der Waals surface area contributed by atoms with Crippen LogP contribution in [0.1, 0.15) is 10.4 Å². The maximum atomic E-state index is 12.6. The van der Waals surface area contributed by atoms with Crippen LogP contribution < -0.4 is 5.32 Å². The Bertz CT molecular complexity index is 712. The second-order valence-electron chi connectivity index (χ2n) is 3.77. The Morgan fingerprint density at radius 2 is 1.90 bits per heavy atom. The highest BCUT2D eigenvalue weighted by molar-refractivity contribution is 7.91. The van der Waals surface area contributed by atoms with E-state index in [9.17, 15) is 22.0 Å². The molecule has 0 aliphatic carbocycles. The van der Waals surface area contributed by atoms with E-state index in [0.717, 1.165) is 6.07 Å². The van der Waals surface area contributed by atoms with Crippen molar-refractivity contribution < 1.29 is 22.0 Å². The average molecular weight is 317 g/mol. The smallest absolute Gasteiger partial charge is 0.321 e. The van der Waals surface area contributed by atoms with Crippen LogP contribution >= 0.6 is 11.3 Å². The minimum atomic E-state index is -4.77. The summed E-state index contributed by atoms with van der Waals surface area (Å²) in [6.45, 7) is 0. The fourth-order valence-corrected chi connectivity index (χ4v) is 3.02. The highest BCUT2D eigenvalue weighted by Gasteiger charge is 2.29. The molecule has 0 saturated carbocycles. The zero-order valence-electron chi connectivity index (χ0n) is 9.92. The minimum Gasteiger partial charge on any atom is -0.321 e.